The monoisotopic (exact) mass is 395 g/mol. The minimum Gasteiger partial charge on any atom is -0.369 e. The fourth-order valence-corrected chi connectivity index (χ4v) is 3.15. The van der Waals surface area contributed by atoms with Gasteiger partial charge in [0.05, 0.1) is 25.0 Å². The van der Waals surface area contributed by atoms with Crippen LogP contribution in [0.5, 0.6) is 0 Å². The Morgan fingerprint density at radius 2 is 1.93 bits per heavy atom. The molecule has 0 saturated heterocycles. The standard InChI is InChI=1S/C21H22FN5O2/c1-14-18(17-7-5-15(6-8-17)9-20(24)28)3-2-4-19(14)26-13-25-27(21(26)29)12-16(10-22)11-23/h2-8,10,13H,9,11-12,23H2,1H3,(H2,24,28)/b16-10+. The first kappa shape index (κ1) is 20.2. The van der Waals surface area contributed by atoms with Gasteiger partial charge in [-0.2, -0.15) is 5.10 Å². The van der Waals surface area contributed by atoms with Gasteiger partial charge < -0.3 is 11.5 Å². The van der Waals surface area contributed by atoms with Crippen LogP contribution in [0.1, 0.15) is 11.1 Å². The molecular formula is C21H22FN5O2. The summed E-state index contributed by atoms with van der Waals surface area (Å²) in [6, 6.07) is 13.2. The topological polar surface area (TPSA) is 109 Å². The Balaban J connectivity index is 1.97. The van der Waals surface area contributed by atoms with Gasteiger partial charge >= 0.3 is 5.69 Å². The second-order valence-electron chi connectivity index (χ2n) is 6.70. The molecule has 29 heavy (non-hydrogen) atoms. The van der Waals surface area contributed by atoms with Crippen LogP contribution in [0.2, 0.25) is 0 Å². The van der Waals surface area contributed by atoms with Crippen molar-refractivity contribution in [2.24, 2.45) is 11.5 Å². The lowest BCUT2D eigenvalue weighted by atomic mass is 9.97. The van der Waals surface area contributed by atoms with Gasteiger partial charge in [-0.3, -0.25) is 4.79 Å². The summed E-state index contributed by atoms with van der Waals surface area (Å²) >= 11 is 0. The molecule has 1 amide bonds. The summed E-state index contributed by atoms with van der Waals surface area (Å²) in [7, 11) is 0. The second kappa shape index (κ2) is 8.66. The van der Waals surface area contributed by atoms with Gasteiger partial charge in [0.1, 0.15) is 6.33 Å². The molecule has 0 unspecified atom stereocenters. The molecular weight excluding hydrogens is 373 g/mol. The Morgan fingerprint density at radius 3 is 2.55 bits per heavy atom. The zero-order valence-electron chi connectivity index (χ0n) is 16.0. The third-order valence-corrected chi connectivity index (χ3v) is 4.71. The highest BCUT2D eigenvalue weighted by Gasteiger charge is 2.13. The minimum absolute atomic E-state index is 0.00109. The predicted molar refractivity (Wildman–Crippen MR) is 109 cm³/mol. The van der Waals surface area contributed by atoms with E-state index in [1.807, 2.05) is 49.4 Å². The summed E-state index contributed by atoms with van der Waals surface area (Å²) < 4.78 is 15.4. The molecule has 0 atom stereocenters. The molecule has 2 aromatic carbocycles. The zero-order valence-corrected chi connectivity index (χ0v) is 16.0. The normalized spacial score (nSPS) is 11.6. The third kappa shape index (κ3) is 4.33. The van der Waals surface area contributed by atoms with E-state index in [4.69, 9.17) is 11.5 Å². The van der Waals surface area contributed by atoms with Gasteiger partial charge in [-0.15, -0.1) is 0 Å². The maximum Gasteiger partial charge on any atom is 0.350 e. The van der Waals surface area contributed by atoms with E-state index in [-0.39, 0.29) is 36.7 Å². The van der Waals surface area contributed by atoms with Crippen molar-refractivity contribution in [1.82, 2.24) is 14.3 Å². The van der Waals surface area contributed by atoms with E-state index < -0.39 is 0 Å². The number of halogens is 1. The van der Waals surface area contributed by atoms with Crippen molar-refractivity contribution in [1.29, 1.82) is 0 Å². The van der Waals surface area contributed by atoms with Crippen LogP contribution in [0, 0.1) is 6.92 Å². The van der Waals surface area contributed by atoms with Gasteiger partial charge in [-0.05, 0) is 40.8 Å². The van der Waals surface area contributed by atoms with E-state index in [0.29, 0.717) is 12.0 Å². The van der Waals surface area contributed by atoms with Crippen LogP contribution >= 0.6 is 0 Å². The number of carbonyl (C=O) groups excluding carboxylic acids is 1. The summed E-state index contributed by atoms with van der Waals surface area (Å²) in [4.78, 5) is 23.8. The average molecular weight is 395 g/mol. The fraction of sp³-hybridized carbons (Fsp3) is 0.190. The molecule has 3 aromatic rings. The molecule has 0 saturated carbocycles. The molecule has 0 fully saturated rings. The van der Waals surface area contributed by atoms with E-state index in [0.717, 1.165) is 22.3 Å². The molecule has 4 N–H and O–H groups in total. The number of hydrogen-bond acceptors (Lipinski definition) is 4. The Kier molecular flexibility index (Phi) is 6.04. The first-order chi connectivity index (χ1) is 13.9. The van der Waals surface area contributed by atoms with Gasteiger partial charge in [0.25, 0.3) is 0 Å². The number of carbonyl (C=O) groups is 1. The lowest BCUT2D eigenvalue weighted by Crippen LogP contribution is -2.26. The van der Waals surface area contributed by atoms with Crippen molar-refractivity contribution in [2.45, 2.75) is 19.9 Å². The Hall–Kier alpha value is -3.52. The summed E-state index contributed by atoms with van der Waals surface area (Å²) in [5.41, 5.74) is 14.9. The molecule has 0 spiro atoms. The lowest BCUT2D eigenvalue weighted by molar-refractivity contribution is -0.117. The lowest BCUT2D eigenvalue weighted by Gasteiger charge is -2.12. The number of aromatic nitrogens is 3. The second-order valence-corrected chi connectivity index (χ2v) is 6.70. The largest absolute Gasteiger partial charge is 0.369 e. The molecule has 1 aromatic heterocycles. The molecule has 8 heteroatoms. The van der Waals surface area contributed by atoms with E-state index in [1.54, 1.807) is 0 Å². The highest BCUT2D eigenvalue weighted by Crippen LogP contribution is 2.27. The number of nitrogens with zero attached hydrogens (tertiary/aromatic N) is 3. The number of amides is 1. The van der Waals surface area contributed by atoms with E-state index in [2.05, 4.69) is 5.10 Å². The van der Waals surface area contributed by atoms with Crippen molar-refractivity contribution in [2.75, 3.05) is 6.54 Å². The quantitative estimate of drug-likeness (QED) is 0.636. The van der Waals surface area contributed by atoms with E-state index in [9.17, 15) is 14.0 Å². The highest BCUT2D eigenvalue weighted by atomic mass is 19.1. The van der Waals surface area contributed by atoms with Crippen LogP contribution in [0.3, 0.4) is 0 Å². The van der Waals surface area contributed by atoms with Crippen LogP contribution in [0.15, 0.2) is 65.5 Å². The van der Waals surface area contributed by atoms with Crippen molar-refractivity contribution in [3.8, 4) is 16.8 Å². The molecule has 150 valence electrons. The number of primary amides is 1. The molecule has 3 rings (SSSR count). The first-order valence-corrected chi connectivity index (χ1v) is 9.05. The van der Waals surface area contributed by atoms with Crippen LogP contribution in [-0.4, -0.2) is 26.8 Å². The summed E-state index contributed by atoms with van der Waals surface area (Å²) in [5, 5.41) is 4.07. The van der Waals surface area contributed by atoms with Crippen LogP contribution in [-0.2, 0) is 17.8 Å². The van der Waals surface area contributed by atoms with E-state index in [1.165, 1.54) is 15.6 Å². The highest BCUT2D eigenvalue weighted by molar-refractivity contribution is 5.77. The van der Waals surface area contributed by atoms with Crippen LogP contribution in [0.25, 0.3) is 16.8 Å². The maximum absolute atomic E-state index is 12.8. The van der Waals surface area contributed by atoms with Crippen molar-refractivity contribution < 1.29 is 9.18 Å². The molecule has 0 aliphatic heterocycles. The SMILES string of the molecule is Cc1c(-c2ccc(CC(N)=O)cc2)cccc1-n1cnn(C/C(=C/F)CN)c1=O. The third-order valence-electron chi connectivity index (χ3n) is 4.71. The van der Waals surface area contributed by atoms with Crippen molar-refractivity contribution >= 4 is 5.91 Å². The Labute approximate surface area is 167 Å². The van der Waals surface area contributed by atoms with Crippen molar-refractivity contribution in [3.63, 3.8) is 0 Å². The van der Waals surface area contributed by atoms with Gasteiger partial charge in [-0.25, -0.2) is 18.4 Å². The van der Waals surface area contributed by atoms with E-state index >= 15 is 0 Å². The fourth-order valence-electron chi connectivity index (χ4n) is 3.15. The van der Waals surface area contributed by atoms with Crippen molar-refractivity contribution in [3.05, 3.63) is 82.3 Å². The van der Waals surface area contributed by atoms with Crippen LogP contribution < -0.4 is 17.2 Å². The van der Waals surface area contributed by atoms with Gasteiger partial charge in [0.15, 0.2) is 0 Å². The molecule has 0 radical (unpaired) electrons. The smallest absolute Gasteiger partial charge is 0.350 e. The van der Waals surface area contributed by atoms with Gasteiger partial charge in [-0.1, -0.05) is 36.4 Å². The summed E-state index contributed by atoms with van der Waals surface area (Å²) in [5.74, 6) is -0.382. The minimum atomic E-state index is -0.382. The van der Waals surface area contributed by atoms with Crippen LogP contribution in [0.4, 0.5) is 4.39 Å². The molecule has 7 nitrogen and oxygen atoms in total. The molecule has 0 aliphatic carbocycles. The average Bonchev–Trinajstić information content (AvgIpc) is 3.06. The Bertz CT molecular complexity index is 1110. The summed E-state index contributed by atoms with van der Waals surface area (Å²) in [6.45, 7) is 1.92. The number of nitrogens with two attached hydrogens (primary N) is 2. The molecule has 1 heterocycles. The number of benzene rings is 2. The van der Waals surface area contributed by atoms with Gasteiger partial charge in [0.2, 0.25) is 5.91 Å². The van der Waals surface area contributed by atoms with Gasteiger partial charge in [0, 0.05) is 6.54 Å². The first-order valence-electron chi connectivity index (χ1n) is 9.05. The molecule has 0 aliphatic rings. The predicted octanol–water partition coefficient (Wildman–Crippen LogP) is 1.85. The Morgan fingerprint density at radius 1 is 1.21 bits per heavy atom. The number of rotatable bonds is 7. The summed E-state index contributed by atoms with van der Waals surface area (Å²) in [6.07, 6.45) is 2.00. The molecule has 0 bridgehead atoms. The zero-order chi connectivity index (χ0) is 21.0. The maximum atomic E-state index is 12.8. The number of hydrogen-bond donors (Lipinski definition) is 2.